The van der Waals surface area contributed by atoms with E-state index in [1.165, 1.54) is 0 Å². The number of hydrogen-bond acceptors (Lipinski definition) is 3. The molecule has 3 nitrogen and oxygen atoms in total. The van der Waals surface area contributed by atoms with Gasteiger partial charge in [0.1, 0.15) is 11.7 Å². The number of carbonyl (C=O) groups is 1. The average molecular weight is 252 g/mol. The first-order valence-electron chi connectivity index (χ1n) is 5.23. The van der Waals surface area contributed by atoms with E-state index >= 15 is 0 Å². The van der Waals surface area contributed by atoms with E-state index in [1.54, 1.807) is 39.0 Å². The highest BCUT2D eigenvalue weighted by Gasteiger charge is 2.18. The number of benzene rings is 1. The SMILES string of the molecule is CC(C)(C)OC(=O)Cc1cccc(C#N)c1Cl. The highest BCUT2D eigenvalue weighted by Crippen LogP contribution is 2.21. The second-order valence-corrected chi connectivity index (χ2v) is 5.03. The van der Waals surface area contributed by atoms with Gasteiger partial charge in [-0.3, -0.25) is 4.79 Å². The van der Waals surface area contributed by atoms with Gasteiger partial charge in [-0.25, -0.2) is 0 Å². The van der Waals surface area contributed by atoms with Gasteiger partial charge in [-0.1, -0.05) is 23.7 Å². The molecular weight excluding hydrogens is 238 g/mol. The van der Waals surface area contributed by atoms with Crippen molar-refractivity contribution in [2.45, 2.75) is 32.8 Å². The van der Waals surface area contributed by atoms with Crippen molar-refractivity contribution in [1.29, 1.82) is 5.26 Å². The van der Waals surface area contributed by atoms with Crippen LogP contribution in [-0.4, -0.2) is 11.6 Å². The number of nitrogens with zero attached hydrogens (tertiary/aromatic N) is 1. The van der Waals surface area contributed by atoms with E-state index in [-0.39, 0.29) is 12.4 Å². The first kappa shape index (κ1) is 13.5. The molecular formula is C13H14ClNO2. The lowest BCUT2D eigenvalue weighted by Crippen LogP contribution is -2.25. The summed E-state index contributed by atoms with van der Waals surface area (Å²) in [6.45, 7) is 5.41. The Morgan fingerprint density at radius 2 is 2.12 bits per heavy atom. The summed E-state index contributed by atoms with van der Waals surface area (Å²) in [5, 5.41) is 9.13. The lowest BCUT2D eigenvalue weighted by atomic mass is 10.1. The molecule has 4 heteroatoms. The Balaban J connectivity index is 2.83. The van der Waals surface area contributed by atoms with Crippen molar-refractivity contribution >= 4 is 17.6 Å². The predicted octanol–water partition coefficient (Wildman–Crippen LogP) is 3.10. The zero-order chi connectivity index (χ0) is 13.1. The topological polar surface area (TPSA) is 50.1 Å². The Bertz CT molecular complexity index is 469. The molecule has 1 aromatic rings. The van der Waals surface area contributed by atoms with Crippen LogP contribution in [0, 0.1) is 11.3 Å². The van der Waals surface area contributed by atoms with Gasteiger partial charge >= 0.3 is 5.97 Å². The third kappa shape index (κ3) is 4.08. The first-order valence-corrected chi connectivity index (χ1v) is 5.60. The molecule has 0 aliphatic carbocycles. The van der Waals surface area contributed by atoms with Gasteiger partial charge in [-0.15, -0.1) is 0 Å². The Morgan fingerprint density at radius 3 is 2.65 bits per heavy atom. The molecule has 0 heterocycles. The zero-order valence-corrected chi connectivity index (χ0v) is 10.8. The maximum atomic E-state index is 11.6. The third-order valence-electron chi connectivity index (χ3n) is 1.95. The molecule has 1 rings (SSSR count). The molecule has 0 radical (unpaired) electrons. The van der Waals surface area contributed by atoms with Crippen molar-refractivity contribution in [3.05, 3.63) is 34.3 Å². The highest BCUT2D eigenvalue weighted by atomic mass is 35.5. The number of hydrogen-bond donors (Lipinski definition) is 0. The van der Waals surface area contributed by atoms with E-state index in [9.17, 15) is 4.79 Å². The Morgan fingerprint density at radius 1 is 1.47 bits per heavy atom. The summed E-state index contributed by atoms with van der Waals surface area (Å²) in [6.07, 6.45) is 0.0750. The summed E-state index contributed by atoms with van der Waals surface area (Å²) in [7, 11) is 0. The zero-order valence-electron chi connectivity index (χ0n) is 10.1. The molecule has 0 fully saturated rings. The van der Waals surface area contributed by atoms with Crippen LogP contribution >= 0.6 is 11.6 Å². The molecule has 0 saturated heterocycles. The van der Waals surface area contributed by atoms with Crippen molar-refractivity contribution < 1.29 is 9.53 Å². The van der Waals surface area contributed by atoms with Crippen LogP contribution in [0.4, 0.5) is 0 Å². The molecule has 0 aromatic heterocycles. The number of esters is 1. The van der Waals surface area contributed by atoms with E-state index in [2.05, 4.69) is 0 Å². The van der Waals surface area contributed by atoms with Crippen LogP contribution in [0.1, 0.15) is 31.9 Å². The van der Waals surface area contributed by atoms with E-state index < -0.39 is 5.60 Å². The van der Waals surface area contributed by atoms with Gasteiger partial charge in [0.05, 0.1) is 17.0 Å². The van der Waals surface area contributed by atoms with Crippen LogP contribution in [0.5, 0.6) is 0 Å². The van der Waals surface area contributed by atoms with Crippen molar-refractivity contribution in [2.24, 2.45) is 0 Å². The second-order valence-electron chi connectivity index (χ2n) is 4.65. The molecule has 0 N–H and O–H groups in total. The molecule has 0 amide bonds. The van der Waals surface area contributed by atoms with Gasteiger partial charge in [0.2, 0.25) is 0 Å². The van der Waals surface area contributed by atoms with Crippen LogP contribution in [0.25, 0.3) is 0 Å². The summed E-state index contributed by atoms with van der Waals surface area (Å²) in [6, 6.07) is 7.00. The van der Waals surface area contributed by atoms with Crippen molar-refractivity contribution in [3.63, 3.8) is 0 Å². The van der Waals surface area contributed by atoms with Crippen molar-refractivity contribution in [2.75, 3.05) is 0 Å². The minimum absolute atomic E-state index is 0.0750. The van der Waals surface area contributed by atoms with Crippen LogP contribution in [-0.2, 0) is 16.0 Å². The fourth-order valence-corrected chi connectivity index (χ4v) is 1.57. The van der Waals surface area contributed by atoms with E-state index in [0.29, 0.717) is 16.1 Å². The van der Waals surface area contributed by atoms with Crippen LogP contribution < -0.4 is 0 Å². The van der Waals surface area contributed by atoms with Crippen LogP contribution in [0.3, 0.4) is 0 Å². The smallest absolute Gasteiger partial charge is 0.310 e. The van der Waals surface area contributed by atoms with Gasteiger partial charge in [0.25, 0.3) is 0 Å². The summed E-state index contributed by atoms with van der Waals surface area (Å²) < 4.78 is 5.19. The van der Waals surface area contributed by atoms with Gasteiger partial charge in [-0.2, -0.15) is 5.26 Å². The lowest BCUT2D eigenvalue weighted by molar-refractivity contribution is -0.153. The molecule has 0 saturated carbocycles. The highest BCUT2D eigenvalue weighted by molar-refractivity contribution is 6.32. The largest absolute Gasteiger partial charge is 0.460 e. The van der Waals surface area contributed by atoms with Gasteiger partial charge in [-0.05, 0) is 32.4 Å². The monoisotopic (exact) mass is 251 g/mol. The second kappa shape index (κ2) is 5.20. The number of carbonyl (C=O) groups excluding carboxylic acids is 1. The Hall–Kier alpha value is -1.53. The van der Waals surface area contributed by atoms with Crippen molar-refractivity contribution in [1.82, 2.24) is 0 Å². The Labute approximate surface area is 106 Å². The summed E-state index contributed by atoms with van der Waals surface area (Å²) in [4.78, 5) is 11.6. The molecule has 0 aliphatic rings. The molecule has 0 aliphatic heterocycles. The number of nitriles is 1. The summed E-state index contributed by atoms with van der Waals surface area (Å²) in [5.74, 6) is -0.352. The van der Waals surface area contributed by atoms with Gasteiger partial charge in [0.15, 0.2) is 0 Å². The molecule has 17 heavy (non-hydrogen) atoms. The van der Waals surface area contributed by atoms with Crippen LogP contribution in [0.2, 0.25) is 5.02 Å². The third-order valence-corrected chi connectivity index (χ3v) is 2.40. The maximum absolute atomic E-state index is 11.6. The first-order chi connectivity index (χ1) is 7.83. The summed E-state index contributed by atoms with van der Waals surface area (Å²) >= 11 is 5.99. The lowest BCUT2D eigenvalue weighted by Gasteiger charge is -2.19. The number of rotatable bonds is 2. The fourth-order valence-electron chi connectivity index (χ4n) is 1.34. The minimum Gasteiger partial charge on any atom is -0.460 e. The van der Waals surface area contributed by atoms with E-state index in [4.69, 9.17) is 21.6 Å². The average Bonchev–Trinajstić information content (AvgIpc) is 2.18. The molecule has 0 unspecified atom stereocenters. The van der Waals surface area contributed by atoms with Gasteiger partial charge < -0.3 is 4.74 Å². The van der Waals surface area contributed by atoms with Crippen LogP contribution in [0.15, 0.2) is 18.2 Å². The molecule has 0 bridgehead atoms. The number of ether oxygens (including phenoxy) is 1. The van der Waals surface area contributed by atoms with Crippen molar-refractivity contribution in [3.8, 4) is 6.07 Å². The molecule has 0 spiro atoms. The minimum atomic E-state index is -0.517. The normalized spacial score (nSPS) is 10.8. The predicted molar refractivity (Wildman–Crippen MR) is 65.7 cm³/mol. The van der Waals surface area contributed by atoms with Gasteiger partial charge in [0, 0.05) is 0 Å². The van der Waals surface area contributed by atoms with E-state index in [0.717, 1.165) is 0 Å². The Kier molecular flexibility index (Phi) is 4.14. The quantitative estimate of drug-likeness (QED) is 0.759. The molecule has 90 valence electrons. The van der Waals surface area contributed by atoms with E-state index in [1.807, 2.05) is 6.07 Å². The fraction of sp³-hybridized carbons (Fsp3) is 0.385. The maximum Gasteiger partial charge on any atom is 0.310 e. The number of halogens is 1. The molecule has 0 atom stereocenters. The standard InChI is InChI=1S/C13H14ClNO2/c1-13(2,3)17-11(16)7-9-5-4-6-10(8-15)12(9)14/h4-6H,7H2,1-3H3. The summed E-state index contributed by atoms with van der Waals surface area (Å²) in [5.41, 5.74) is 0.462. The molecule has 1 aromatic carbocycles.